The summed E-state index contributed by atoms with van der Waals surface area (Å²) in [5.41, 5.74) is 6.06. The van der Waals surface area contributed by atoms with Gasteiger partial charge in [-0.05, 0) is 42.1 Å². The number of hydrogen-bond acceptors (Lipinski definition) is 4. The fourth-order valence-electron chi connectivity index (χ4n) is 1.81. The van der Waals surface area contributed by atoms with Crippen molar-refractivity contribution in [3.63, 3.8) is 0 Å². The van der Waals surface area contributed by atoms with E-state index >= 15 is 0 Å². The fourth-order valence-corrected chi connectivity index (χ4v) is 2.60. The predicted molar refractivity (Wildman–Crippen MR) is 87.6 cm³/mol. The van der Waals surface area contributed by atoms with Crippen LogP contribution in [0.5, 0.6) is 5.75 Å². The second-order valence-corrected chi connectivity index (χ2v) is 5.62. The summed E-state index contributed by atoms with van der Waals surface area (Å²) in [5, 5.41) is 4.87. The lowest BCUT2D eigenvalue weighted by atomic mass is 10.2. The number of carbonyl (C=O) groups excluding carboxylic acids is 2. The predicted octanol–water partition coefficient (Wildman–Crippen LogP) is 3.28. The first-order valence-corrected chi connectivity index (χ1v) is 7.91. The number of anilines is 1. The van der Waals surface area contributed by atoms with Crippen molar-refractivity contribution in [2.75, 3.05) is 11.9 Å². The maximum absolute atomic E-state index is 12.2. The Morgan fingerprint density at radius 3 is 2.59 bits per heavy atom. The van der Waals surface area contributed by atoms with Crippen LogP contribution in [-0.2, 0) is 0 Å². The van der Waals surface area contributed by atoms with Crippen LogP contribution in [0.25, 0.3) is 0 Å². The SMILES string of the molecule is CCCCOc1ccc(C(=O)Nc2sccc2C(N)=O)cc1. The number of amides is 2. The number of thiophene rings is 1. The summed E-state index contributed by atoms with van der Waals surface area (Å²) in [7, 11) is 0. The first-order chi connectivity index (χ1) is 10.6. The molecule has 0 fully saturated rings. The molecule has 1 heterocycles. The summed E-state index contributed by atoms with van der Waals surface area (Å²) in [4.78, 5) is 23.4. The lowest BCUT2D eigenvalue weighted by molar-refractivity contribution is 0.100. The van der Waals surface area contributed by atoms with Crippen molar-refractivity contribution in [1.82, 2.24) is 0 Å². The van der Waals surface area contributed by atoms with Crippen LogP contribution in [0.1, 0.15) is 40.5 Å². The van der Waals surface area contributed by atoms with Gasteiger partial charge in [0, 0.05) is 5.56 Å². The van der Waals surface area contributed by atoms with Crippen molar-refractivity contribution in [1.29, 1.82) is 0 Å². The van der Waals surface area contributed by atoms with Gasteiger partial charge in [0.15, 0.2) is 0 Å². The first-order valence-electron chi connectivity index (χ1n) is 7.03. The summed E-state index contributed by atoms with van der Waals surface area (Å²) in [6, 6.07) is 8.48. The highest BCUT2D eigenvalue weighted by Gasteiger charge is 2.13. The Labute approximate surface area is 133 Å². The van der Waals surface area contributed by atoms with Crippen LogP contribution in [0.4, 0.5) is 5.00 Å². The molecule has 0 unspecified atom stereocenters. The van der Waals surface area contributed by atoms with Crippen LogP contribution in [-0.4, -0.2) is 18.4 Å². The summed E-state index contributed by atoms with van der Waals surface area (Å²) in [6.07, 6.45) is 2.07. The highest BCUT2D eigenvalue weighted by Crippen LogP contribution is 2.23. The molecule has 0 spiro atoms. The maximum atomic E-state index is 12.2. The molecule has 116 valence electrons. The zero-order valence-corrected chi connectivity index (χ0v) is 13.1. The molecule has 5 nitrogen and oxygen atoms in total. The highest BCUT2D eigenvalue weighted by molar-refractivity contribution is 7.14. The minimum absolute atomic E-state index is 0.287. The van der Waals surface area contributed by atoms with Gasteiger partial charge < -0.3 is 15.8 Å². The van der Waals surface area contributed by atoms with Gasteiger partial charge in [-0.2, -0.15) is 0 Å². The van der Waals surface area contributed by atoms with E-state index in [2.05, 4.69) is 12.2 Å². The average Bonchev–Trinajstić information content (AvgIpc) is 2.96. The van der Waals surface area contributed by atoms with Crippen LogP contribution in [0.15, 0.2) is 35.7 Å². The molecule has 6 heteroatoms. The van der Waals surface area contributed by atoms with Crippen molar-refractivity contribution in [2.24, 2.45) is 5.73 Å². The molecule has 0 aliphatic rings. The van der Waals surface area contributed by atoms with Crippen molar-refractivity contribution >= 4 is 28.2 Å². The number of rotatable bonds is 7. The van der Waals surface area contributed by atoms with Crippen molar-refractivity contribution in [3.05, 3.63) is 46.8 Å². The number of unbranched alkanes of at least 4 members (excludes halogenated alkanes) is 1. The van der Waals surface area contributed by atoms with Gasteiger partial charge in [-0.3, -0.25) is 9.59 Å². The maximum Gasteiger partial charge on any atom is 0.256 e. The van der Waals surface area contributed by atoms with Crippen LogP contribution in [0, 0.1) is 0 Å². The summed E-state index contributed by atoms with van der Waals surface area (Å²) < 4.78 is 5.55. The number of nitrogens with one attached hydrogen (secondary N) is 1. The van der Waals surface area contributed by atoms with Gasteiger partial charge >= 0.3 is 0 Å². The molecule has 3 N–H and O–H groups in total. The minimum Gasteiger partial charge on any atom is -0.494 e. The van der Waals surface area contributed by atoms with Crippen molar-refractivity contribution in [2.45, 2.75) is 19.8 Å². The molecular weight excluding hydrogens is 300 g/mol. The topological polar surface area (TPSA) is 81.4 Å². The Bertz CT molecular complexity index is 650. The summed E-state index contributed by atoms with van der Waals surface area (Å²) in [6.45, 7) is 2.76. The van der Waals surface area contributed by atoms with Gasteiger partial charge in [-0.15, -0.1) is 11.3 Å². The van der Waals surface area contributed by atoms with E-state index in [1.165, 1.54) is 11.3 Å². The van der Waals surface area contributed by atoms with Gasteiger partial charge in [0.1, 0.15) is 10.8 Å². The van der Waals surface area contributed by atoms with Crippen LogP contribution in [0.2, 0.25) is 0 Å². The van der Waals surface area contributed by atoms with Crippen LogP contribution < -0.4 is 15.8 Å². The first kappa shape index (κ1) is 16.0. The molecule has 0 saturated heterocycles. The molecule has 0 radical (unpaired) electrons. The summed E-state index contributed by atoms with van der Waals surface area (Å²) >= 11 is 1.26. The molecule has 0 bridgehead atoms. The van der Waals surface area contributed by atoms with Gasteiger partial charge in [0.25, 0.3) is 11.8 Å². The molecule has 1 aromatic carbocycles. The normalized spacial score (nSPS) is 10.2. The highest BCUT2D eigenvalue weighted by atomic mass is 32.1. The molecule has 2 amide bonds. The molecule has 0 aliphatic heterocycles. The van der Waals surface area contributed by atoms with Crippen LogP contribution >= 0.6 is 11.3 Å². The third-order valence-corrected chi connectivity index (χ3v) is 3.87. The Kier molecular flexibility index (Phi) is 5.55. The lowest BCUT2D eigenvalue weighted by Crippen LogP contribution is -2.16. The lowest BCUT2D eigenvalue weighted by Gasteiger charge is -2.07. The second-order valence-electron chi connectivity index (χ2n) is 4.71. The quantitative estimate of drug-likeness (QED) is 0.769. The number of carbonyl (C=O) groups is 2. The minimum atomic E-state index is -0.559. The Morgan fingerprint density at radius 2 is 1.95 bits per heavy atom. The van der Waals surface area contributed by atoms with E-state index in [1.54, 1.807) is 35.7 Å². The van der Waals surface area contributed by atoms with E-state index in [0.717, 1.165) is 18.6 Å². The van der Waals surface area contributed by atoms with E-state index in [1.807, 2.05) is 0 Å². The van der Waals surface area contributed by atoms with Gasteiger partial charge in [0.2, 0.25) is 0 Å². The Balaban J connectivity index is 2.00. The monoisotopic (exact) mass is 318 g/mol. The second kappa shape index (κ2) is 7.61. The molecule has 0 saturated carbocycles. The van der Waals surface area contributed by atoms with Gasteiger partial charge in [-0.1, -0.05) is 13.3 Å². The smallest absolute Gasteiger partial charge is 0.256 e. The van der Waals surface area contributed by atoms with Crippen molar-refractivity contribution < 1.29 is 14.3 Å². The summed E-state index contributed by atoms with van der Waals surface area (Å²) in [5.74, 6) is -0.111. The largest absolute Gasteiger partial charge is 0.494 e. The number of hydrogen-bond donors (Lipinski definition) is 2. The van der Waals surface area contributed by atoms with E-state index in [0.29, 0.717) is 22.7 Å². The standard InChI is InChI=1S/C16H18N2O3S/c1-2-3-9-21-12-6-4-11(5-7-12)15(20)18-16-13(14(17)19)8-10-22-16/h4-8,10H,2-3,9H2,1H3,(H2,17,19)(H,18,20). The molecule has 1 aromatic heterocycles. The van der Waals surface area contributed by atoms with E-state index < -0.39 is 5.91 Å². The van der Waals surface area contributed by atoms with Crippen molar-refractivity contribution in [3.8, 4) is 5.75 Å². The zero-order chi connectivity index (χ0) is 15.9. The van der Waals surface area contributed by atoms with Crippen LogP contribution in [0.3, 0.4) is 0 Å². The van der Waals surface area contributed by atoms with Gasteiger partial charge in [-0.25, -0.2) is 0 Å². The molecule has 0 aliphatic carbocycles. The van der Waals surface area contributed by atoms with E-state index in [4.69, 9.17) is 10.5 Å². The Hall–Kier alpha value is -2.34. The molecule has 0 atom stereocenters. The van der Waals surface area contributed by atoms with E-state index in [-0.39, 0.29) is 5.91 Å². The van der Waals surface area contributed by atoms with Gasteiger partial charge in [0.05, 0.1) is 12.2 Å². The Morgan fingerprint density at radius 1 is 1.23 bits per heavy atom. The molecule has 2 rings (SSSR count). The number of primary amides is 1. The number of ether oxygens (including phenoxy) is 1. The molecular formula is C16H18N2O3S. The number of nitrogens with two attached hydrogens (primary N) is 1. The molecule has 22 heavy (non-hydrogen) atoms. The average molecular weight is 318 g/mol. The van der Waals surface area contributed by atoms with E-state index in [9.17, 15) is 9.59 Å². The zero-order valence-electron chi connectivity index (χ0n) is 12.3. The third-order valence-electron chi connectivity index (χ3n) is 3.04. The number of benzene rings is 1. The fraction of sp³-hybridized carbons (Fsp3) is 0.250. The molecule has 2 aromatic rings. The third kappa shape index (κ3) is 4.08.